The molecular formula is C12H15ClO4. The van der Waals surface area contributed by atoms with Crippen LogP contribution in [0.5, 0.6) is 5.75 Å². The normalized spacial score (nSPS) is 9.88. The largest absolute Gasteiger partial charge is 0.469 e. The Bertz CT molecular complexity index is 364. The number of hydrogen-bond acceptors (Lipinski definition) is 3. The number of carbonyl (C=O) groups is 2. The van der Waals surface area contributed by atoms with Crippen molar-refractivity contribution in [2.75, 3.05) is 0 Å². The number of hydrogen-bond donors (Lipinski definition) is 1. The Hall–Kier alpha value is -1.55. The molecule has 0 atom stereocenters. The van der Waals surface area contributed by atoms with Crippen molar-refractivity contribution in [2.45, 2.75) is 20.8 Å². The molecule has 0 spiro atoms. The maximum absolute atomic E-state index is 11.4. The van der Waals surface area contributed by atoms with Crippen LogP contribution in [0.4, 0.5) is 4.79 Å². The van der Waals surface area contributed by atoms with Gasteiger partial charge in [-0.25, -0.2) is 4.79 Å². The molecule has 94 valence electrons. The second-order valence-electron chi connectivity index (χ2n) is 4.21. The lowest BCUT2D eigenvalue weighted by molar-refractivity contribution is -0.142. The Labute approximate surface area is 105 Å². The van der Waals surface area contributed by atoms with Crippen LogP contribution in [0.3, 0.4) is 0 Å². The number of rotatable bonds is 1. The molecule has 1 aromatic rings. The van der Waals surface area contributed by atoms with Gasteiger partial charge in [-0.2, -0.15) is 0 Å². The Morgan fingerprint density at radius 2 is 1.59 bits per heavy atom. The van der Waals surface area contributed by atoms with Crippen molar-refractivity contribution in [3.05, 3.63) is 30.3 Å². The molecule has 0 unspecified atom stereocenters. The molecule has 0 aliphatic rings. The number of halogens is 1. The van der Waals surface area contributed by atoms with Gasteiger partial charge in [0.1, 0.15) is 5.75 Å². The summed E-state index contributed by atoms with van der Waals surface area (Å²) in [5, 5.41) is 7.18. The number of carbonyl (C=O) groups excluding carboxylic acids is 1. The molecule has 0 aliphatic carbocycles. The molecule has 0 saturated carbocycles. The summed E-state index contributed by atoms with van der Waals surface area (Å²) in [6, 6.07) is 9.10. The highest BCUT2D eigenvalue weighted by Gasteiger charge is 2.23. The first-order valence-corrected chi connectivity index (χ1v) is 5.27. The molecule has 0 fully saturated rings. The third-order valence-electron chi connectivity index (χ3n) is 1.57. The minimum absolute atomic E-state index is 0.210. The molecule has 4 nitrogen and oxygen atoms in total. The molecule has 1 rings (SSSR count). The van der Waals surface area contributed by atoms with Crippen LogP contribution in [0.25, 0.3) is 0 Å². The third kappa shape index (κ3) is 8.28. The number of para-hydroxylation sites is 1. The van der Waals surface area contributed by atoms with E-state index < -0.39 is 10.8 Å². The van der Waals surface area contributed by atoms with Crippen molar-refractivity contribution in [2.24, 2.45) is 5.41 Å². The summed E-state index contributed by atoms with van der Waals surface area (Å²) in [6.45, 7) is 5.49. The topological polar surface area (TPSA) is 63.6 Å². The first-order chi connectivity index (χ1) is 7.73. The molecule has 0 heterocycles. The highest BCUT2D eigenvalue weighted by Crippen LogP contribution is 2.18. The fourth-order valence-electron chi connectivity index (χ4n) is 0.749. The van der Waals surface area contributed by atoms with Gasteiger partial charge in [-0.05, 0) is 32.9 Å². The standard InChI is InChI=1S/C11H14O2.CHClO2/c1-11(2,3)10(12)13-9-7-5-4-6-8-9;2-1(3)4/h4-8H,1-3H3;(H,3,4). The van der Waals surface area contributed by atoms with Crippen molar-refractivity contribution in [1.82, 2.24) is 0 Å². The fraction of sp³-hybridized carbons (Fsp3) is 0.333. The average Bonchev–Trinajstić information content (AvgIpc) is 2.16. The zero-order valence-electron chi connectivity index (χ0n) is 9.94. The lowest BCUT2D eigenvalue weighted by Crippen LogP contribution is -2.25. The molecule has 17 heavy (non-hydrogen) atoms. The molecule has 0 saturated heterocycles. The molecule has 1 N–H and O–H groups in total. The van der Waals surface area contributed by atoms with E-state index >= 15 is 0 Å². The molecule has 0 aromatic heterocycles. The molecule has 0 amide bonds. The highest BCUT2D eigenvalue weighted by molar-refractivity contribution is 6.60. The average molecular weight is 259 g/mol. The van der Waals surface area contributed by atoms with Crippen molar-refractivity contribution in [1.29, 1.82) is 0 Å². The van der Waals surface area contributed by atoms with E-state index in [0.717, 1.165) is 0 Å². The molecule has 1 aromatic carbocycles. The minimum atomic E-state index is -1.36. The predicted octanol–water partition coefficient (Wildman–Crippen LogP) is 3.54. The third-order valence-corrected chi connectivity index (χ3v) is 1.57. The van der Waals surface area contributed by atoms with Gasteiger partial charge < -0.3 is 9.84 Å². The molecule has 0 bridgehead atoms. The van der Waals surface area contributed by atoms with Gasteiger partial charge in [0.2, 0.25) is 0 Å². The van der Waals surface area contributed by atoms with Crippen LogP contribution in [0.2, 0.25) is 0 Å². The molecule has 0 aliphatic heterocycles. The van der Waals surface area contributed by atoms with Crippen LogP contribution < -0.4 is 4.74 Å². The summed E-state index contributed by atoms with van der Waals surface area (Å²) < 4.78 is 5.14. The summed E-state index contributed by atoms with van der Waals surface area (Å²) in [5.41, 5.74) is -1.81. The fourth-order valence-corrected chi connectivity index (χ4v) is 0.749. The van der Waals surface area contributed by atoms with Gasteiger partial charge in [0.25, 0.3) is 0 Å². The Balaban J connectivity index is 0.000000557. The van der Waals surface area contributed by atoms with Crippen LogP contribution in [0.1, 0.15) is 20.8 Å². The zero-order chi connectivity index (χ0) is 13.5. The number of benzene rings is 1. The smallest absolute Gasteiger partial charge is 0.401 e. The van der Waals surface area contributed by atoms with Crippen LogP contribution in [-0.4, -0.2) is 16.5 Å². The second kappa shape index (κ2) is 6.91. The van der Waals surface area contributed by atoms with Crippen LogP contribution in [-0.2, 0) is 4.79 Å². The van der Waals surface area contributed by atoms with Gasteiger partial charge in [-0.3, -0.25) is 4.79 Å². The maximum atomic E-state index is 11.4. The predicted molar refractivity (Wildman–Crippen MR) is 65.4 cm³/mol. The Morgan fingerprint density at radius 1 is 1.18 bits per heavy atom. The lowest BCUT2D eigenvalue weighted by Gasteiger charge is -2.15. The first-order valence-electron chi connectivity index (χ1n) is 4.89. The first kappa shape index (κ1) is 15.4. The molecule has 0 radical (unpaired) electrons. The van der Waals surface area contributed by atoms with E-state index in [1.165, 1.54) is 0 Å². The van der Waals surface area contributed by atoms with Gasteiger partial charge >= 0.3 is 11.4 Å². The van der Waals surface area contributed by atoms with E-state index in [1.807, 2.05) is 39.0 Å². The van der Waals surface area contributed by atoms with Gasteiger partial charge in [0, 0.05) is 11.6 Å². The summed E-state index contributed by atoms with van der Waals surface area (Å²) in [5.74, 6) is 0.390. The minimum Gasteiger partial charge on any atom is -0.469 e. The summed E-state index contributed by atoms with van der Waals surface area (Å²) in [4.78, 5) is 20.2. The van der Waals surface area contributed by atoms with Crippen LogP contribution >= 0.6 is 11.6 Å². The van der Waals surface area contributed by atoms with Crippen LogP contribution in [0.15, 0.2) is 30.3 Å². The number of esters is 1. The van der Waals surface area contributed by atoms with Crippen LogP contribution in [0, 0.1) is 5.41 Å². The van der Waals surface area contributed by atoms with Crippen molar-refractivity contribution in [3.63, 3.8) is 0 Å². The number of ether oxygens (including phenoxy) is 1. The second-order valence-corrected chi connectivity index (χ2v) is 4.53. The monoisotopic (exact) mass is 258 g/mol. The molecular weight excluding hydrogens is 244 g/mol. The van der Waals surface area contributed by atoms with Gasteiger partial charge in [0.15, 0.2) is 0 Å². The van der Waals surface area contributed by atoms with Crippen molar-refractivity contribution in [3.8, 4) is 5.75 Å². The number of carboxylic acid groups (broad SMARTS) is 1. The van der Waals surface area contributed by atoms with E-state index in [2.05, 4.69) is 11.6 Å². The van der Waals surface area contributed by atoms with Gasteiger partial charge in [-0.15, -0.1) is 0 Å². The van der Waals surface area contributed by atoms with Gasteiger partial charge in [0.05, 0.1) is 5.41 Å². The highest BCUT2D eigenvalue weighted by atomic mass is 35.5. The summed E-state index contributed by atoms with van der Waals surface area (Å²) in [7, 11) is 0. The molecule has 5 heteroatoms. The van der Waals surface area contributed by atoms with E-state index in [4.69, 9.17) is 14.6 Å². The SMILES string of the molecule is CC(C)(C)C(=O)Oc1ccccc1.O=C(O)Cl. The van der Waals surface area contributed by atoms with E-state index in [1.54, 1.807) is 12.1 Å². The van der Waals surface area contributed by atoms with E-state index in [9.17, 15) is 4.79 Å². The summed E-state index contributed by atoms with van der Waals surface area (Å²) >= 11 is 4.19. The maximum Gasteiger partial charge on any atom is 0.401 e. The quantitative estimate of drug-likeness (QED) is 0.475. The van der Waals surface area contributed by atoms with Gasteiger partial charge in [-0.1, -0.05) is 18.2 Å². The van der Waals surface area contributed by atoms with E-state index in [-0.39, 0.29) is 5.97 Å². The Kier molecular flexibility index (Phi) is 6.28. The zero-order valence-corrected chi connectivity index (χ0v) is 10.7. The summed E-state index contributed by atoms with van der Waals surface area (Å²) in [6.07, 6.45) is 0. The lowest BCUT2D eigenvalue weighted by atomic mass is 9.97. The van der Waals surface area contributed by atoms with Crippen molar-refractivity contribution >= 4 is 23.0 Å². The van der Waals surface area contributed by atoms with Crippen molar-refractivity contribution < 1.29 is 19.4 Å². The van der Waals surface area contributed by atoms with E-state index in [0.29, 0.717) is 5.75 Å². The Morgan fingerprint density at radius 3 is 1.94 bits per heavy atom.